The van der Waals surface area contributed by atoms with E-state index < -0.39 is 12.2 Å². The quantitative estimate of drug-likeness (QED) is 0.561. The molecule has 2 N–H and O–H groups in total. The number of aliphatic hydroxyl groups is 2. The molecule has 15 heavy (non-hydrogen) atoms. The molecule has 1 heterocycles. The van der Waals surface area contributed by atoms with Crippen LogP contribution in [-0.4, -0.2) is 27.1 Å². The van der Waals surface area contributed by atoms with Crippen LogP contribution in [0.15, 0.2) is 12.3 Å². The van der Waals surface area contributed by atoms with E-state index in [9.17, 15) is 10.2 Å². The van der Waals surface area contributed by atoms with Crippen LogP contribution in [0.4, 0.5) is 0 Å². The van der Waals surface area contributed by atoms with Gasteiger partial charge >= 0.3 is 0 Å². The van der Waals surface area contributed by atoms with Crippen LogP contribution in [0, 0.1) is 6.92 Å². The molecule has 0 saturated heterocycles. The maximum atomic E-state index is 9.82. The number of pyridine rings is 1. The van der Waals surface area contributed by atoms with E-state index in [2.05, 4.69) is 17.6 Å². The molecule has 0 amide bonds. The Kier molecular flexibility index (Phi) is 4.86. The largest absolute Gasteiger partial charge is 0.390 e. The summed E-state index contributed by atoms with van der Waals surface area (Å²) in [6, 6.07) is 1.72. The molecule has 0 saturated carbocycles. The van der Waals surface area contributed by atoms with Gasteiger partial charge in [0, 0.05) is 11.8 Å². The number of nitrogens with zero attached hydrogens (tertiary/aromatic N) is 1. The highest BCUT2D eigenvalue weighted by molar-refractivity contribution is 7.80. The molecular weight excluding hydrogens is 234 g/mol. The van der Waals surface area contributed by atoms with E-state index in [0.717, 1.165) is 5.56 Å². The lowest BCUT2D eigenvalue weighted by molar-refractivity contribution is 0.0171. The first-order chi connectivity index (χ1) is 7.06. The Bertz CT molecular complexity index is 335. The second kappa shape index (κ2) is 5.70. The van der Waals surface area contributed by atoms with Gasteiger partial charge in [-0.25, -0.2) is 4.98 Å². The molecule has 2 atom stereocenters. The van der Waals surface area contributed by atoms with Crippen LogP contribution >= 0.6 is 24.2 Å². The standard InChI is InChI=1S/C10H14ClNO2S/c1-6-4-7(10(11)12-5-6)9(14)8(13)2-3-15/h4-5,8-9,13-15H,2-3H2,1H3. The topological polar surface area (TPSA) is 53.4 Å². The number of hydrogen-bond acceptors (Lipinski definition) is 4. The van der Waals surface area contributed by atoms with Crippen LogP contribution < -0.4 is 0 Å². The summed E-state index contributed by atoms with van der Waals surface area (Å²) in [5, 5.41) is 19.6. The predicted octanol–water partition coefficient (Wildman–Crippen LogP) is 1.76. The van der Waals surface area contributed by atoms with Gasteiger partial charge in [-0.1, -0.05) is 11.6 Å². The zero-order valence-electron chi connectivity index (χ0n) is 8.39. The third-order valence-electron chi connectivity index (χ3n) is 2.11. The van der Waals surface area contributed by atoms with Crippen molar-refractivity contribution in [3.8, 4) is 0 Å². The number of halogens is 1. The fourth-order valence-corrected chi connectivity index (χ4v) is 1.76. The van der Waals surface area contributed by atoms with Crippen molar-refractivity contribution in [3.63, 3.8) is 0 Å². The summed E-state index contributed by atoms with van der Waals surface area (Å²) in [6.45, 7) is 1.85. The Hall–Kier alpha value is -0.290. The van der Waals surface area contributed by atoms with Gasteiger partial charge in [-0.3, -0.25) is 0 Å². The number of aryl methyl sites for hydroxylation is 1. The van der Waals surface area contributed by atoms with Crippen LogP contribution in [0.5, 0.6) is 0 Å². The minimum atomic E-state index is -1.00. The lowest BCUT2D eigenvalue weighted by atomic mass is 10.0. The zero-order chi connectivity index (χ0) is 11.4. The molecule has 0 aliphatic heterocycles. The van der Waals surface area contributed by atoms with E-state index in [1.807, 2.05) is 6.92 Å². The highest BCUT2D eigenvalue weighted by atomic mass is 35.5. The number of aromatic nitrogens is 1. The van der Waals surface area contributed by atoms with Crippen molar-refractivity contribution >= 4 is 24.2 Å². The third kappa shape index (κ3) is 3.34. The van der Waals surface area contributed by atoms with Crippen molar-refractivity contribution in [2.45, 2.75) is 25.6 Å². The van der Waals surface area contributed by atoms with Crippen molar-refractivity contribution < 1.29 is 10.2 Å². The lowest BCUT2D eigenvalue weighted by Crippen LogP contribution is -2.19. The van der Waals surface area contributed by atoms with Gasteiger partial charge in [0.05, 0.1) is 6.10 Å². The van der Waals surface area contributed by atoms with Gasteiger partial charge in [0.2, 0.25) is 0 Å². The monoisotopic (exact) mass is 247 g/mol. The number of rotatable bonds is 4. The molecule has 0 aromatic carbocycles. The van der Waals surface area contributed by atoms with E-state index in [4.69, 9.17) is 11.6 Å². The van der Waals surface area contributed by atoms with Crippen molar-refractivity contribution in [1.29, 1.82) is 0 Å². The smallest absolute Gasteiger partial charge is 0.134 e. The molecular formula is C10H14ClNO2S. The summed E-state index contributed by atoms with van der Waals surface area (Å²) in [5.41, 5.74) is 1.36. The number of thiol groups is 1. The third-order valence-corrected chi connectivity index (χ3v) is 2.68. The number of aliphatic hydroxyl groups excluding tert-OH is 2. The fourth-order valence-electron chi connectivity index (χ4n) is 1.28. The molecule has 0 bridgehead atoms. The number of hydrogen-bond donors (Lipinski definition) is 3. The van der Waals surface area contributed by atoms with Gasteiger partial charge in [0.25, 0.3) is 0 Å². The summed E-state index contributed by atoms with van der Waals surface area (Å²) in [6.07, 6.45) is 0.165. The fraction of sp³-hybridized carbons (Fsp3) is 0.500. The second-order valence-electron chi connectivity index (χ2n) is 3.42. The summed E-state index contributed by atoms with van der Waals surface area (Å²) < 4.78 is 0. The summed E-state index contributed by atoms with van der Waals surface area (Å²) in [5.74, 6) is 0.509. The highest BCUT2D eigenvalue weighted by Gasteiger charge is 2.20. The molecule has 0 radical (unpaired) electrons. The van der Waals surface area contributed by atoms with Gasteiger partial charge in [-0.15, -0.1) is 0 Å². The minimum absolute atomic E-state index is 0.228. The first kappa shape index (κ1) is 12.8. The Morgan fingerprint density at radius 2 is 2.20 bits per heavy atom. The first-order valence-corrected chi connectivity index (χ1v) is 5.66. The van der Waals surface area contributed by atoms with E-state index in [0.29, 0.717) is 17.7 Å². The summed E-state index contributed by atoms with van der Waals surface area (Å²) >= 11 is 9.83. The van der Waals surface area contributed by atoms with Crippen LogP contribution in [0.3, 0.4) is 0 Å². The Balaban J connectivity index is 2.89. The SMILES string of the molecule is Cc1cnc(Cl)c(C(O)C(O)CCS)c1. The van der Waals surface area contributed by atoms with Crippen molar-refractivity contribution in [2.75, 3.05) is 5.75 Å². The van der Waals surface area contributed by atoms with Crippen molar-refractivity contribution in [3.05, 3.63) is 28.5 Å². The van der Waals surface area contributed by atoms with Crippen LogP contribution in [0.2, 0.25) is 5.15 Å². The van der Waals surface area contributed by atoms with E-state index in [1.165, 1.54) is 0 Å². The van der Waals surface area contributed by atoms with Gasteiger partial charge in [-0.2, -0.15) is 12.6 Å². The molecule has 0 aliphatic rings. The molecule has 0 fully saturated rings. The Labute approximate surface area is 99.5 Å². The maximum absolute atomic E-state index is 9.82. The molecule has 2 unspecified atom stereocenters. The molecule has 84 valence electrons. The zero-order valence-corrected chi connectivity index (χ0v) is 10.0. The van der Waals surface area contributed by atoms with Crippen molar-refractivity contribution in [2.24, 2.45) is 0 Å². The first-order valence-electron chi connectivity index (χ1n) is 4.65. The molecule has 3 nitrogen and oxygen atoms in total. The highest BCUT2D eigenvalue weighted by Crippen LogP contribution is 2.25. The van der Waals surface area contributed by atoms with Crippen molar-refractivity contribution in [1.82, 2.24) is 4.98 Å². The summed E-state index contributed by atoms with van der Waals surface area (Å²) in [4.78, 5) is 3.92. The predicted molar refractivity (Wildman–Crippen MR) is 63.4 cm³/mol. The van der Waals surface area contributed by atoms with Crippen LogP contribution in [-0.2, 0) is 0 Å². The van der Waals surface area contributed by atoms with E-state index in [1.54, 1.807) is 12.3 Å². The molecule has 1 rings (SSSR count). The average molecular weight is 248 g/mol. The van der Waals surface area contributed by atoms with Crippen LogP contribution in [0.25, 0.3) is 0 Å². The molecule has 5 heteroatoms. The molecule has 0 aliphatic carbocycles. The molecule has 1 aromatic heterocycles. The molecule has 0 spiro atoms. The van der Waals surface area contributed by atoms with E-state index >= 15 is 0 Å². The second-order valence-corrected chi connectivity index (χ2v) is 4.22. The Morgan fingerprint density at radius 3 is 2.80 bits per heavy atom. The van der Waals surface area contributed by atoms with E-state index in [-0.39, 0.29) is 5.15 Å². The van der Waals surface area contributed by atoms with Gasteiger partial charge in [0.15, 0.2) is 0 Å². The summed E-state index contributed by atoms with van der Waals surface area (Å²) in [7, 11) is 0. The average Bonchev–Trinajstić information content (AvgIpc) is 2.21. The Morgan fingerprint density at radius 1 is 1.53 bits per heavy atom. The maximum Gasteiger partial charge on any atom is 0.134 e. The minimum Gasteiger partial charge on any atom is -0.390 e. The van der Waals surface area contributed by atoms with Crippen LogP contribution in [0.1, 0.15) is 23.7 Å². The lowest BCUT2D eigenvalue weighted by Gasteiger charge is -2.18. The van der Waals surface area contributed by atoms with Gasteiger partial charge < -0.3 is 10.2 Å². The van der Waals surface area contributed by atoms with Gasteiger partial charge in [0.1, 0.15) is 11.3 Å². The van der Waals surface area contributed by atoms with Gasteiger partial charge in [-0.05, 0) is 30.7 Å². The normalized spacial score (nSPS) is 15.0. The molecule has 1 aromatic rings.